The van der Waals surface area contributed by atoms with Gasteiger partial charge in [0, 0.05) is 120 Å². The summed E-state index contributed by atoms with van der Waals surface area (Å²) in [5.41, 5.74) is 32.2. The van der Waals surface area contributed by atoms with Crippen LogP contribution in [0.25, 0.3) is 134 Å². The lowest BCUT2D eigenvalue weighted by atomic mass is 10.1. The van der Waals surface area contributed by atoms with E-state index in [9.17, 15) is 0 Å². The molecule has 16 heterocycles. The zero-order valence-electron chi connectivity index (χ0n) is 69.6. The Hall–Kier alpha value is -16.9. The Kier molecular flexibility index (Phi) is 24.7. The Morgan fingerprint density at radius 2 is 0.624 bits per heavy atom. The molecule has 0 saturated carbocycles. The summed E-state index contributed by atoms with van der Waals surface area (Å²) >= 11 is 0. The number of rotatable bonds is 8. The van der Waals surface area contributed by atoms with Crippen molar-refractivity contribution in [1.29, 1.82) is 0 Å². The van der Waals surface area contributed by atoms with Gasteiger partial charge in [-0.25, -0.2) is 52.5 Å². The van der Waals surface area contributed by atoms with E-state index in [1.54, 1.807) is 19.7 Å². The molecule has 0 fully saturated rings. The van der Waals surface area contributed by atoms with E-state index in [2.05, 4.69) is 297 Å². The first-order valence-corrected chi connectivity index (χ1v) is 41.1. The maximum atomic E-state index is 4.61. The summed E-state index contributed by atoms with van der Waals surface area (Å²) in [6.07, 6.45) is 33.0. The van der Waals surface area contributed by atoms with Gasteiger partial charge in [0.15, 0.2) is 16.9 Å². The number of benzene rings is 8. The predicted molar refractivity (Wildman–Crippen MR) is 502 cm³/mol. The third-order valence-electron chi connectivity index (χ3n) is 20.9. The van der Waals surface area contributed by atoms with Gasteiger partial charge in [0.05, 0.1) is 58.6 Å². The Balaban J connectivity index is 0.000000101. The zero-order chi connectivity index (χ0) is 85.1. The Bertz CT molecular complexity index is 6850. The van der Waals surface area contributed by atoms with Crippen LogP contribution in [0.2, 0.25) is 0 Å². The minimum absolute atomic E-state index is 0.872. The highest BCUT2D eigenvalue weighted by Crippen LogP contribution is 2.28. The lowest BCUT2D eigenvalue weighted by Crippen LogP contribution is -1.92. The molecule has 19 nitrogen and oxygen atoms in total. The highest BCUT2D eigenvalue weighted by molar-refractivity contribution is 5.73. The maximum absolute atomic E-state index is 4.61. The molecule has 0 radical (unpaired) electrons. The van der Waals surface area contributed by atoms with Crippen molar-refractivity contribution in [2.24, 2.45) is 0 Å². The van der Waals surface area contributed by atoms with E-state index in [4.69, 9.17) is 0 Å². The van der Waals surface area contributed by atoms with Gasteiger partial charge in [0.1, 0.15) is 16.9 Å². The van der Waals surface area contributed by atoms with Gasteiger partial charge in [0.2, 0.25) is 0 Å². The van der Waals surface area contributed by atoms with E-state index in [-0.39, 0.29) is 0 Å². The molecular weight excluding hydrogens is 1540 g/mol. The molecule has 19 heteroatoms. The van der Waals surface area contributed by atoms with Crippen LogP contribution in [0.3, 0.4) is 0 Å². The molecule has 16 aromatic heterocycles. The number of aromatic nitrogens is 19. The third-order valence-corrected chi connectivity index (χ3v) is 20.9. The third kappa shape index (κ3) is 19.7. The predicted octanol–water partition coefficient (Wildman–Crippen LogP) is 23.7. The van der Waals surface area contributed by atoms with E-state index >= 15 is 0 Å². The summed E-state index contributed by atoms with van der Waals surface area (Å²) in [4.78, 5) is 26.7. The van der Waals surface area contributed by atoms with Crippen molar-refractivity contribution < 1.29 is 0 Å². The van der Waals surface area contributed by atoms with Crippen LogP contribution in [0.1, 0.15) is 28.1 Å². The van der Waals surface area contributed by atoms with Crippen LogP contribution in [0, 0.1) is 34.6 Å². The molecule has 0 bridgehead atoms. The largest absolute Gasteiger partial charge is 0.306 e. The van der Waals surface area contributed by atoms with Crippen LogP contribution in [0.5, 0.6) is 0 Å². The molecule has 24 rings (SSSR count). The Morgan fingerprint density at radius 3 is 1.14 bits per heavy atom. The SMILES string of the molecule is Cc1cn2cc(-c3ccccc3)ccc2n1.Cc1cnc2ccc(-c3ccccc3)cn12.Cc1cnn2ccc(-c3ccccc3)cc12.Cc1cnn2ccc(-c3ccccc3)nc12.Cc1cnn2ccc(-c3ccccc3)nc12.c1ccc(-c2ccc3nccn3c2)cc1.c1ccc(-c2ccn3nccc3c2)cc1.c1ccc(-c2ccn3nccc3n2)cc1. The number of hydrogen-bond acceptors (Lipinski definition) is 11. The van der Waals surface area contributed by atoms with E-state index in [0.717, 1.165) is 95.7 Å². The fraction of sp³-hybridized carbons (Fsp3) is 0.0472. The lowest BCUT2D eigenvalue weighted by Gasteiger charge is -2.03. The first-order chi connectivity index (χ1) is 61.5. The van der Waals surface area contributed by atoms with Gasteiger partial charge in [-0.2, -0.15) is 25.5 Å². The van der Waals surface area contributed by atoms with Gasteiger partial charge in [0.25, 0.3) is 0 Å². The van der Waals surface area contributed by atoms with Gasteiger partial charge in [-0.05, 0) is 181 Å². The molecule has 8 aromatic carbocycles. The molecule has 606 valence electrons. The monoisotopic (exact) mass is 1630 g/mol. The first-order valence-electron chi connectivity index (χ1n) is 41.1. The normalized spacial score (nSPS) is 10.8. The average Bonchev–Trinajstić information content (AvgIpc) is 1.69. The van der Waals surface area contributed by atoms with Gasteiger partial charge in [-0.15, -0.1) is 0 Å². The molecule has 0 saturated heterocycles. The molecule has 0 atom stereocenters. The summed E-state index contributed by atoms with van der Waals surface area (Å²) < 4.78 is 15.3. The number of nitrogens with zero attached hydrogens (tertiary/aromatic N) is 19. The molecule has 0 unspecified atom stereocenters. The summed E-state index contributed by atoms with van der Waals surface area (Å²) in [6.45, 7) is 10.2. The number of pyridine rings is 5. The van der Waals surface area contributed by atoms with E-state index in [1.807, 2.05) is 248 Å². The first kappa shape index (κ1) is 80.5. The van der Waals surface area contributed by atoms with Crippen molar-refractivity contribution in [3.05, 3.63) is 467 Å². The van der Waals surface area contributed by atoms with Crippen LogP contribution in [0.15, 0.2) is 439 Å². The molecule has 0 spiro atoms. The zero-order valence-corrected chi connectivity index (χ0v) is 69.6. The smallest absolute Gasteiger partial charge is 0.158 e. The summed E-state index contributed by atoms with van der Waals surface area (Å²) in [5, 5.41) is 21.0. The number of imidazole rings is 3. The fourth-order valence-electron chi connectivity index (χ4n) is 14.3. The molecule has 0 aliphatic rings. The second-order valence-electron chi connectivity index (χ2n) is 29.6. The van der Waals surface area contributed by atoms with Crippen molar-refractivity contribution in [2.45, 2.75) is 34.6 Å². The minimum Gasteiger partial charge on any atom is -0.306 e. The molecule has 0 N–H and O–H groups in total. The molecule has 0 aliphatic heterocycles. The van der Waals surface area contributed by atoms with Gasteiger partial charge in [-0.3, -0.25) is 0 Å². The van der Waals surface area contributed by atoms with Crippen molar-refractivity contribution >= 4 is 44.9 Å². The molecule has 125 heavy (non-hydrogen) atoms. The van der Waals surface area contributed by atoms with Crippen LogP contribution in [0.4, 0.5) is 0 Å². The van der Waals surface area contributed by atoms with E-state index in [0.29, 0.717) is 0 Å². The van der Waals surface area contributed by atoms with Crippen LogP contribution in [-0.2, 0) is 0 Å². The Labute approximate surface area is 722 Å². The molecule has 24 aromatic rings. The standard InChI is InChI=1S/3C14H12N2.2C13H11N3.2C13H10N2.C12H9N3/c1-11-10-15-16-8-7-13(9-14(11)16)12-5-3-2-4-6-12;1-11-9-16-10-13(7-8-14(16)15-11)12-5-3-2-4-6-12;1-11-9-15-14-8-7-13(10-16(11)14)12-5-3-2-4-6-12;2*1-10-9-14-16-8-7-12(15-13(10)16)11-5-3-2-4-6-11;1-2-4-11(5-3-1)12-7-9-15-13(10-12)6-8-14-15;1-2-4-11(5-3-1)12-6-7-13-14-8-9-15(13)10-12;1-2-4-10(5-3-1)11-7-9-15-12(14-11)6-8-13-15/h3*2-10H,1H3;2*2-9H,1H3;2*1-10H;1-9H. The molecular formula is C106H87N19. The van der Waals surface area contributed by atoms with E-state index < -0.39 is 0 Å². The quantitative estimate of drug-likeness (QED) is 0.141. The number of fused-ring (bicyclic) bond motifs is 8. The van der Waals surface area contributed by atoms with Crippen molar-refractivity contribution in [2.75, 3.05) is 0 Å². The highest BCUT2D eigenvalue weighted by atomic mass is 15.3. The van der Waals surface area contributed by atoms with Crippen LogP contribution < -0.4 is 0 Å². The minimum atomic E-state index is 0.872. The van der Waals surface area contributed by atoms with Gasteiger partial charge in [-0.1, -0.05) is 243 Å². The second kappa shape index (κ2) is 38.4. The van der Waals surface area contributed by atoms with Crippen LogP contribution >= 0.6 is 0 Å². The van der Waals surface area contributed by atoms with Gasteiger partial charge >= 0.3 is 0 Å². The highest BCUT2D eigenvalue weighted by Gasteiger charge is 2.10. The van der Waals surface area contributed by atoms with Crippen LogP contribution in [-0.4, -0.2) is 91.2 Å². The van der Waals surface area contributed by atoms with Crippen molar-refractivity contribution in [3.8, 4) is 89.4 Å². The Morgan fingerprint density at radius 1 is 0.224 bits per heavy atom. The molecule has 0 aliphatic carbocycles. The summed E-state index contributed by atoms with van der Waals surface area (Å²) in [6, 6.07) is 113. The topological polar surface area (TPSA) is 177 Å². The van der Waals surface area contributed by atoms with Crippen molar-refractivity contribution in [3.63, 3.8) is 0 Å². The summed E-state index contributed by atoms with van der Waals surface area (Å²) in [7, 11) is 0. The second-order valence-corrected chi connectivity index (χ2v) is 29.6. The summed E-state index contributed by atoms with van der Waals surface area (Å²) in [5.74, 6) is 0. The number of hydrogen-bond donors (Lipinski definition) is 0. The van der Waals surface area contributed by atoms with Crippen molar-refractivity contribution in [1.82, 2.24) is 91.2 Å². The fourth-order valence-corrected chi connectivity index (χ4v) is 14.3. The maximum Gasteiger partial charge on any atom is 0.158 e. The molecule has 0 amide bonds. The van der Waals surface area contributed by atoms with E-state index in [1.165, 1.54) is 66.7 Å². The average molecular weight is 1630 g/mol. The van der Waals surface area contributed by atoms with Gasteiger partial charge < -0.3 is 13.2 Å². The number of aryl methyl sites for hydroxylation is 5. The lowest BCUT2D eigenvalue weighted by molar-refractivity contribution is 0.941.